The molecule has 0 saturated carbocycles. The second kappa shape index (κ2) is 11.1. The van der Waals surface area contributed by atoms with Gasteiger partial charge >= 0.3 is 0 Å². The van der Waals surface area contributed by atoms with E-state index in [0.29, 0.717) is 6.54 Å². The monoisotopic (exact) mass is 423 g/mol. The third-order valence-electron chi connectivity index (χ3n) is 6.32. The van der Waals surface area contributed by atoms with Crippen molar-refractivity contribution < 1.29 is 0 Å². The molecule has 5 aliphatic heterocycles. The molecule has 4 bridgehead atoms. The van der Waals surface area contributed by atoms with Gasteiger partial charge in [-0.15, -0.1) is 0 Å². The second-order valence-electron chi connectivity index (χ2n) is 8.61. The molecular formula is C24H37N7. The van der Waals surface area contributed by atoms with Crippen LogP contribution in [0.25, 0.3) is 0 Å². The van der Waals surface area contributed by atoms with Crippen molar-refractivity contribution >= 4 is 0 Å². The molecule has 2 aromatic rings. The zero-order valence-corrected chi connectivity index (χ0v) is 18.8. The summed E-state index contributed by atoms with van der Waals surface area (Å²) < 4.78 is 0. The first-order chi connectivity index (χ1) is 15.3. The van der Waals surface area contributed by atoms with Crippen LogP contribution in [0.15, 0.2) is 24.3 Å². The van der Waals surface area contributed by atoms with Crippen LogP contribution < -0.4 is 21.7 Å². The lowest BCUT2D eigenvalue weighted by molar-refractivity contribution is 0.216. The Balaban J connectivity index is 1.66. The zero-order chi connectivity index (χ0) is 21.5. The summed E-state index contributed by atoms with van der Waals surface area (Å²) in [5.74, 6) is 0. The normalized spacial score (nSPS) is 21.7. The number of benzene rings is 1. The van der Waals surface area contributed by atoms with E-state index < -0.39 is 0 Å². The van der Waals surface area contributed by atoms with Crippen LogP contribution in [-0.4, -0.2) is 67.2 Å². The fourth-order valence-electron chi connectivity index (χ4n) is 4.59. The van der Waals surface area contributed by atoms with Crippen molar-refractivity contribution in [3.63, 3.8) is 0 Å². The summed E-state index contributed by atoms with van der Waals surface area (Å²) in [5, 5.41) is 10.7. The number of aryl methyl sites for hydroxylation is 1. The second-order valence-corrected chi connectivity index (χ2v) is 8.61. The summed E-state index contributed by atoms with van der Waals surface area (Å²) in [6.07, 6.45) is 3.05. The summed E-state index contributed by atoms with van der Waals surface area (Å²) >= 11 is 0. The molecule has 0 amide bonds. The highest BCUT2D eigenvalue weighted by molar-refractivity contribution is 5.38. The van der Waals surface area contributed by atoms with Gasteiger partial charge in [-0.1, -0.05) is 24.3 Å². The summed E-state index contributed by atoms with van der Waals surface area (Å²) in [6.45, 7) is 10.6. The third kappa shape index (κ3) is 5.67. The SMILES string of the molecule is Cc1nc2c(CN)nc1Cc1ccc(cc1)C2N1CCCNCCNCCCNCC1. The van der Waals surface area contributed by atoms with Crippen molar-refractivity contribution in [2.75, 3.05) is 52.4 Å². The largest absolute Gasteiger partial charge is 0.325 e. The summed E-state index contributed by atoms with van der Waals surface area (Å²) in [6, 6.07) is 9.12. The van der Waals surface area contributed by atoms with Crippen LogP contribution in [-0.2, 0) is 13.0 Å². The molecule has 0 radical (unpaired) electrons. The van der Waals surface area contributed by atoms with Crippen LogP contribution in [0, 0.1) is 6.92 Å². The third-order valence-corrected chi connectivity index (χ3v) is 6.32. The average molecular weight is 424 g/mol. The highest BCUT2D eigenvalue weighted by atomic mass is 15.2. The number of hydrogen-bond acceptors (Lipinski definition) is 7. The highest BCUT2D eigenvalue weighted by Crippen LogP contribution is 2.32. The minimum Gasteiger partial charge on any atom is -0.325 e. The average Bonchev–Trinajstić information content (AvgIpc) is 2.79. The number of nitrogens with zero attached hydrogens (tertiary/aromatic N) is 3. The molecule has 1 unspecified atom stereocenters. The standard InChI is InChI=1S/C24H37N7/c1-18-21-16-19-4-6-20(7-5-19)24(23(29-18)22(17-25)30-21)31-14-3-10-27-12-11-26-8-2-9-28-13-15-31/h4-7,24,26-28H,2-3,8-17,25H2,1H3. The van der Waals surface area contributed by atoms with E-state index >= 15 is 0 Å². The molecule has 7 rings (SSSR count). The van der Waals surface area contributed by atoms with Crippen molar-refractivity contribution in [2.45, 2.75) is 38.8 Å². The first-order valence-corrected chi connectivity index (χ1v) is 11.8. The lowest BCUT2D eigenvalue weighted by atomic mass is 9.94. The number of hydrogen-bond donors (Lipinski definition) is 4. The van der Waals surface area contributed by atoms with E-state index in [1.165, 1.54) is 11.1 Å². The number of nitrogens with two attached hydrogens (primary N) is 1. The van der Waals surface area contributed by atoms with Crippen molar-refractivity contribution in [2.24, 2.45) is 5.73 Å². The molecule has 7 nitrogen and oxygen atoms in total. The fraction of sp³-hybridized carbons (Fsp3) is 0.583. The van der Waals surface area contributed by atoms with E-state index in [0.717, 1.165) is 94.4 Å². The predicted molar refractivity (Wildman–Crippen MR) is 125 cm³/mol. The molecule has 0 aliphatic carbocycles. The van der Waals surface area contributed by atoms with Crippen molar-refractivity contribution in [1.29, 1.82) is 0 Å². The Morgan fingerprint density at radius 1 is 0.903 bits per heavy atom. The van der Waals surface area contributed by atoms with Gasteiger partial charge < -0.3 is 21.7 Å². The van der Waals surface area contributed by atoms with Gasteiger partial charge in [-0.05, 0) is 50.5 Å². The molecule has 1 atom stereocenters. The van der Waals surface area contributed by atoms with Gasteiger partial charge in [-0.2, -0.15) is 0 Å². The van der Waals surface area contributed by atoms with Crippen molar-refractivity contribution in [3.05, 3.63) is 58.2 Å². The van der Waals surface area contributed by atoms with E-state index in [9.17, 15) is 0 Å². The molecule has 168 valence electrons. The van der Waals surface area contributed by atoms with Crippen LogP contribution in [0.3, 0.4) is 0 Å². The quantitative estimate of drug-likeness (QED) is 0.575. The highest BCUT2D eigenvalue weighted by Gasteiger charge is 2.28. The Morgan fingerprint density at radius 3 is 2.35 bits per heavy atom. The fourth-order valence-corrected chi connectivity index (χ4v) is 4.59. The number of nitrogens with one attached hydrogen (secondary N) is 3. The topological polar surface area (TPSA) is 91.1 Å². The predicted octanol–water partition coefficient (Wildman–Crippen LogP) is 1.10. The van der Waals surface area contributed by atoms with E-state index in [-0.39, 0.29) is 6.04 Å². The van der Waals surface area contributed by atoms with Gasteiger partial charge in [0.25, 0.3) is 0 Å². The van der Waals surface area contributed by atoms with Crippen LogP contribution in [0.1, 0.15) is 52.8 Å². The van der Waals surface area contributed by atoms with Crippen molar-refractivity contribution in [1.82, 2.24) is 30.8 Å². The van der Waals surface area contributed by atoms with E-state index in [2.05, 4.69) is 52.0 Å². The lowest BCUT2D eigenvalue weighted by Crippen LogP contribution is -2.40. The number of rotatable bonds is 2. The molecule has 31 heavy (non-hydrogen) atoms. The summed E-state index contributed by atoms with van der Waals surface area (Å²) in [7, 11) is 0. The summed E-state index contributed by atoms with van der Waals surface area (Å²) in [4.78, 5) is 12.6. The Labute approximate surface area is 186 Å². The molecule has 0 spiro atoms. The Kier molecular flexibility index (Phi) is 7.99. The lowest BCUT2D eigenvalue weighted by Gasteiger charge is -2.34. The first-order valence-electron chi connectivity index (χ1n) is 11.8. The molecule has 1 aromatic heterocycles. The number of aromatic nitrogens is 2. The first kappa shape index (κ1) is 22.3. The molecule has 5 aliphatic rings. The molecular weight excluding hydrogens is 386 g/mol. The molecule has 7 heteroatoms. The van der Waals surface area contributed by atoms with Crippen LogP contribution in [0.2, 0.25) is 0 Å². The Bertz CT molecular complexity index is 823. The van der Waals surface area contributed by atoms with Gasteiger partial charge in [0.1, 0.15) is 0 Å². The smallest absolute Gasteiger partial charge is 0.0852 e. The van der Waals surface area contributed by atoms with E-state index in [1.54, 1.807) is 0 Å². The van der Waals surface area contributed by atoms with Crippen LogP contribution in [0.5, 0.6) is 0 Å². The van der Waals surface area contributed by atoms with Crippen LogP contribution in [0.4, 0.5) is 0 Å². The maximum Gasteiger partial charge on any atom is 0.0852 e. The molecule has 1 saturated heterocycles. The van der Waals surface area contributed by atoms with Gasteiger partial charge in [0.15, 0.2) is 0 Å². The minimum atomic E-state index is 0.0716. The molecule has 6 heterocycles. The molecule has 1 aromatic carbocycles. The van der Waals surface area contributed by atoms with Crippen molar-refractivity contribution in [3.8, 4) is 0 Å². The van der Waals surface area contributed by atoms with Crippen LogP contribution >= 0.6 is 0 Å². The van der Waals surface area contributed by atoms with Gasteiger partial charge in [0, 0.05) is 45.7 Å². The Hall–Kier alpha value is -1.90. The van der Waals surface area contributed by atoms with E-state index in [4.69, 9.17) is 15.7 Å². The maximum absolute atomic E-state index is 6.17. The van der Waals surface area contributed by atoms with Gasteiger partial charge in [0.2, 0.25) is 0 Å². The van der Waals surface area contributed by atoms with Gasteiger partial charge in [-0.25, -0.2) is 0 Å². The zero-order valence-electron chi connectivity index (χ0n) is 18.8. The van der Waals surface area contributed by atoms with Gasteiger partial charge in [-0.3, -0.25) is 14.9 Å². The Morgan fingerprint density at radius 2 is 1.61 bits per heavy atom. The minimum absolute atomic E-state index is 0.0716. The summed E-state index contributed by atoms with van der Waals surface area (Å²) in [5.41, 5.74) is 12.7. The van der Waals surface area contributed by atoms with E-state index in [1.807, 2.05) is 0 Å². The maximum atomic E-state index is 6.17. The molecule has 1 fully saturated rings. The molecule has 5 N–H and O–H groups in total. The van der Waals surface area contributed by atoms with Gasteiger partial charge in [0.05, 0.1) is 28.8 Å².